The summed E-state index contributed by atoms with van der Waals surface area (Å²) in [4.78, 5) is 23.2. The van der Waals surface area contributed by atoms with Gasteiger partial charge in [0.15, 0.2) is 0 Å². The zero-order chi connectivity index (χ0) is 14.7. The third-order valence-electron chi connectivity index (χ3n) is 3.39. The average molecular weight is 282 g/mol. The molecule has 0 unspecified atom stereocenters. The lowest BCUT2D eigenvalue weighted by atomic mass is 9.84. The molecule has 0 radical (unpaired) electrons. The molecule has 0 spiro atoms. The molecule has 1 rings (SSSR count). The summed E-state index contributed by atoms with van der Waals surface area (Å²) in [6, 6.07) is 0. The number of amides is 1. The number of nitrogens with two attached hydrogens (primary N) is 1. The van der Waals surface area contributed by atoms with E-state index in [1.54, 1.807) is 0 Å². The average Bonchev–Trinajstić information content (AvgIpc) is 2.74. The van der Waals surface area contributed by atoms with Gasteiger partial charge in [0.05, 0.1) is 5.41 Å². The van der Waals surface area contributed by atoms with E-state index in [0.717, 1.165) is 12.8 Å². The van der Waals surface area contributed by atoms with Crippen LogP contribution in [0.3, 0.4) is 0 Å². The number of carboxylic acid groups (broad SMARTS) is 1. The van der Waals surface area contributed by atoms with Crippen molar-refractivity contribution >= 4 is 11.9 Å². The minimum atomic E-state index is -4.63. The van der Waals surface area contributed by atoms with Crippen LogP contribution in [0.25, 0.3) is 0 Å². The second-order valence-corrected chi connectivity index (χ2v) is 4.86. The van der Waals surface area contributed by atoms with Crippen molar-refractivity contribution in [2.75, 3.05) is 19.6 Å². The van der Waals surface area contributed by atoms with E-state index in [4.69, 9.17) is 10.8 Å². The molecule has 5 nitrogen and oxygen atoms in total. The van der Waals surface area contributed by atoms with Gasteiger partial charge in [0, 0.05) is 6.54 Å². The minimum Gasteiger partial charge on any atom is -0.480 e. The first-order valence-electron chi connectivity index (χ1n) is 5.98. The van der Waals surface area contributed by atoms with Gasteiger partial charge in [-0.15, -0.1) is 0 Å². The van der Waals surface area contributed by atoms with Crippen molar-refractivity contribution < 1.29 is 27.9 Å². The fraction of sp³-hybridized carbons (Fsp3) is 0.818. The van der Waals surface area contributed by atoms with Crippen LogP contribution in [-0.4, -0.2) is 47.7 Å². The fourth-order valence-electron chi connectivity index (χ4n) is 2.47. The highest BCUT2D eigenvalue weighted by atomic mass is 19.4. The number of carbonyl (C=O) groups excluding carboxylic acids is 1. The van der Waals surface area contributed by atoms with E-state index < -0.39 is 36.6 Å². The molecule has 0 atom stereocenters. The monoisotopic (exact) mass is 282 g/mol. The van der Waals surface area contributed by atoms with Crippen molar-refractivity contribution in [1.82, 2.24) is 4.90 Å². The Labute approximate surface area is 108 Å². The van der Waals surface area contributed by atoms with Crippen LogP contribution in [0.5, 0.6) is 0 Å². The van der Waals surface area contributed by atoms with Crippen molar-refractivity contribution in [3.63, 3.8) is 0 Å². The third-order valence-corrected chi connectivity index (χ3v) is 3.39. The van der Waals surface area contributed by atoms with E-state index in [9.17, 15) is 22.8 Å². The summed E-state index contributed by atoms with van der Waals surface area (Å²) >= 11 is 0. The molecule has 0 saturated heterocycles. The summed E-state index contributed by atoms with van der Waals surface area (Å²) < 4.78 is 37.2. The molecule has 19 heavy (non-hydrogen) atoms. The summed E-state index contributed by atoms with van der Waals surface area (Å²) in [6.07, 6.45) is -2.36. The summed E-state index contributed by atoms with van der Waals surface area (Å²) in [5, 5.41) is 8.64. The second-order valence-electron chi connectivity index (χ2n) is 4.86. The van der Waals surface area contributed by atoms with Gasteiger partial charge in [0.1, 0.15) is 13.1 Å². The molecule has 0 aromatic rings. The van der Waals surface area contributed by atoms with Crippen LogP contribution in [0.2, 0.25) is 0 Å². The summed E-state index contributed by atoms with van der Waals surface area (Å²) in [5.41, 5.74) is 4.50. The number of alkyl halides is 3. The topological polar surface area (TPSA) is 83.6 Å². The van der Waals surface area contributed by atoms with E-state index in [1.165, 1.54) is 0 Å². The highest BCUT2D eigenvalue weighted by molar-refractivity contribution is 5.86. The van der Waals surface area contributed by atoms with Gasteiger partial charge in [-0.25, -0.2) is 0 Å². The molecule has 3 N–H and O–H groups in total. The first-order chi connectivity index (χ1) is 8.70. The van der Waals surface area contributed by atoms with Crippen molar-refractivity contribution in [3.05, 3.63) is 0 Å². The van der Waals surface area contributed by atoms with E-state index >= 15 is 0 Å². The molecule has 0 aromatic carbocycles. The summed E-state index contributed by atoms with van der Waals surface area (Å²) in [7, 11) is 0. The molecule has 0 aliphatic heterocycles. The smallest absolute Gasteiger partial charge is 0.406 e. The maximum Gasteiger partial charge on any atom is 0.406 e. The van der Waals surface area contributed by atoms with Gasteiger partial charge in [-0.3, -0.25) is 9.59 Å². The van der Waals surface area contributed by atoms with Crippen molar-refractivity contribution in [2.24, 2.45) is 11.1 Å². The van der Waals surface area contributed by atoms with Gasteiger partial charge < -0.3 is 15.7 Å². The highest BCUT2D eigenvalue weighted by Gasteiger charge is 2.45. The van der Waals surface area contributed by atoms with Gasteiger partial charge >= 0.3 is 12.1 Å². The van der Waals surface area contributed by atoms with Gasteiger partial charge in [-0.05, 0) is 12.8 Å². The number of carbonyl (C=O) groups is 2. The molecule has 0 aromatic heterocycles. The molecular weight excluding hydrogens is 265 g/mol. The van der Waals surface area contributed by atoms with Crippen LogP contribution in [0, 0.1) is 5.41 Å². The van der Waals surface area contributed by atoms with E-state index in [0.29, 0.717) is 17.7 Å². The third kappa shape index (κ3) is 4.09. The predicted molar refractivity (Wildman–Crippen MR) is 60.2 cm³/mol. The van der Waals surface area contributed by atoms with Crippen LogP contribution >= 0.6 is 0 Å². The maximum absolute atomic E-state index is 12.4. The lowest BCUT2D eigenvalue weighted by Gasteiger charge is -2.33. The Morgan fingerprint density at radius 1 is 1.26 bits per heavy atom. The Balaban J connectivity index is 2.89. The van der Waals surface area contributed by atoms with Crippen LogP contribution in [-0.2, 0) is 9.59 Å². The normalized spacial score (nSPS) is 18.3. The summed E-state index contributed by atoms with van der Waals surface area (Å²) in [6.45, 7) is -2.57. The molecule has 1 amide bonds. The van der Waals surface area contributed by atoms with Gasteiger partial charge in [0.25, 0.3) is 0 Å². The number of rotatable bonds is 5. The Morgan fingerprint density at radius 3 is 2.16 bits per heavy atom. The summed E-state index contributed by atoms with van der Waals surface area (Å²) in [5.74, 6) is -2.27. The van der Waals surface area contributed by atoms with Crippen molar-refractivity contribution in [1.29, 1.82) is 0 Å². The van der Waals surface area contributed by atoms with Crippen molar-refractivity contribution in [2.45, 2.75) is 31.9 Å². The standard InChI is InChI=1S/C11H17F3N2O3/c12-11(13,14)7-16(5-8(17)18)9(19)10(6-15)3-1-2-4-10/h1-7,15H2,(H,17,18). The molecule has 110 valence electrons. The predicted octanol–water partition coefficient (Wildman–Crippen LogP) is 0.981. The van der Waals surface area contributed by atoms with Crippen LogP contribution in [0.1, 0.15) is 25.7 Å². The van der Waals surface area contributed by atoms with E-state index in [-0.39, 0.29) is 6.54 Å². The lowest BCUT2D eigenvalue weighted by Crippen LogP contribution is -2.51. The van der Waals surface area contributed by atoms with Crippen LogP contribution in [0.4, 0.5) is 13.2 Å². The second kappa shape index (κ2) is 5.77. The Morgan fingerprint density at radius 2 is 1.79 bits per heavy atom. The number of hydrogen-bond donors (Lipinski definition) is 2. The largest absolute Gasteiger partial charge is 0.480 e. The Hall–Kier alpha value is -1.31. The zero-order valence-corrected chi connectivity index (χ0v) is 10.4. The molecule has 1 saturated carbocycles. The van der Waals surface area contributed by atoms with Gasteiger partial charge in [-0.1, -0.05) is 12.8 Å². The quantitative estimate of drug-likeness (QED) is 0.787. The van der Waals surface area contributed by atoms with Crippen LogP contribution in [0.15, 0.2) is 0 Å². The molecule has 0 bridgehead atoms. The number of nitrogens with zero attached hydrogens (tertiary/aromatic N) is 1. The van der Waals surface area contributed by atoms with E-state index in [2.05, 4.69) is 0 Å². The number of carboxylic acids is 1. The lowest BCUT2D eigenvalue weighted by molar-refractivity contribution is -0.171. The Kier molecular flexibility index (Phi) is 4.78. The van der Waals surface area contributed by atoms with Crippen molar-refractivity contribution in [3.8, 4) is 0 Å². The molecular formula is C11H17F3N2O3. The molecule has 1 aliphatic carbocycles. The van der Waals surface area contributed by atoms with Gasteiger partial charge in [-0.2, -0.15) is 13.2 Å². The number of aliphatic carboxylic acids is 1. The molecule has 1 fully saturated rings. The number of hydrogen-bond acceptors (Lipinski definition) is 3. The van der Waals surface area contributed by atoms with Crippen LogP contribution < -0.4 is 5.73 Å². The van der Waals surface area contributed by atoms with Gasteiger partial charge in [0.2, 0.25) is 5.91 Å². The maximum atomic E-state index is 12.4. The Bertz CT molecular complexity index is 352. The zero-order valence-electron chi connectivity index (χ0n) is 10.4. The van der Waals surface area contributed by atoms with E-state index in [1.807, 2.05) is 0 Å². The first kappa shape index (κ1) is 15.7. The first-order valence-corrected chi connectivity index (χ1v) is 5.98. The molecule has 1 aliphatic rings. The fourth-order valence-corrected chi connectivity index (χ4v) is 2.47. The molecule has 8 heteroatoms. The highest BCUT2D eigenvalue weighted by Crippen LogP contribution is 2.39. The molecule has 0 heterocycles. The number of halogens is 3. The minimum absolute atomic E-state index is 0.0557. The SMILES string of the molecule is NCC1(C(=O)N(CC(=O)O)CC(F)(F)F)CCCC1.